The van der Waals surface area contributed by atoms with Crippen molar-refractivity contribution in [1.82, 2.24) is 4.90 Å². The molecule has 5 rings (SSSR count). The van der Waals surface area contributed by atoms with Gasteiger partial charge in [0.05, 0.1) is 24.2 Å². The Balaban J connectivity index is 1.36. The van der Waals surface area contributed by atoms with Gasteiger partial charge in [-0.2, -0.15) is 5.26 Å². The summed E-state index contributed by atoms with van der Waals surface area (Å²) in [5.74, 6) is 0.567. The molecule has 1 aliphatic heterocycles. The van der Waals surface area contributed by atoms with Gasteiger partial charge in [0.1, 0.15) is 0 Å². The van der Waals surface area contributed by atoms with Crippen molar-refractivity contribution in [3.8, 4) is 6.07 Å². The fourth-order valence-corrected chi connectivity index (χ4v) is 6.52. The second kappa shape index (κ2) is 11.2. The van der Waals surface area contributed by atoms with Gasteiger partial charge in [-0.15, -0.1) is 0 Å². The van der Waals surface area contributed by atoms with E-state index in [1.54, 1.807) is 0 Å². The van der Waals surface area contributed by atoms with Crippen LogP contribution in [0.4, 0.5) is 0 Å². The van der Waals surface area contributed by atoms with Crippen LogP contribution in [0, 0.1) is 23.2 Å². The third-order valence-corrected chi connectivity index (χ3v) is 8.26. The Kier molecular flexibility index (Phi) is 7.62. The van der Waals surface area contributed by atoms with Crippen LogP contribution >= 0.6 is 0 Å². The molecular weight excluding hydrogens is 428 g/mol. The lowest BCUT2D eigenvalue weighted by molar-refractivity contribution is -0.0170. The first-order valence-corrected chi connectivity index (χ1v) is 13.2. The highest BCUT2D eigenvalue weighted by atomic mass is 16.5. The highest BCUT2D eigenvalue weighted by Crippen LogP contribution is 2.51. The van der Waals surface area contributed by atoms with E-state index in [-0.39, 0.29) is 12.0 Å². The van der Waals surface area contributed by atoms with Crippen molar-refractivity contribution in [2.45, 2.75) is 56.8 Å². The summed E-state index contributed by atoms with van der Waals surface area (Å²) >= 11 is 0. The molecule has 35 heavy (non-hydrogen) atoms. The molecule has 1 saturated heterocycles. The fraction of sp³-hybridized carbons (Fsp3) is 0.406. The maximum absolute atomic E-state index is 10.9. The van der Waals surface area contributed by atoms with Crippen LogP contribution in [0.15, 0.2) is 91.0 Å². The molecule has 0 amide bonds. The molecule has 1 heterocycles. The minimum absolute atomic E-state index is 0.123. The maximum Gasteiger partial charge on any atom is 0.0904 e. The summed E-state index contributed by atoms with van der Waals surface area (Å²) in [4.78, 5) is 2.55. The summed E-state index contributed by atoms with van der Waals surface area (Å²) < 4.78 is 6.56. The van der Waals surface area contributed by atoms with Crippen LogP contribution in [0.1, 0.15) is 48.8 Å². The largest absolute Gasteiger partial charge is 0.373 e. The van der Waals surface area contributed by atoms with Gasteiger partial charge < -0.3 is 4.74 Å². The Morgan fingerprint density at radius 2 is 1.37 bits per heavy atom. The molecule has 1 unspecified atom stereocenters. The van der Waals surface area contributed by atoms with Crippen molar-refractivity contribution >= 4 is 0 Å². The highest BCUT2D eigenvalue weighted by molar-refractivity contribution is 5.36. The van der Waals surface area contributed by atoms with Crippen LogP contribution in [0.3, 0.4) is 0 Å². The van der Waals surface area contributed by atoms with E-state index in [4.69, 9.17) is 4.74 Å². The number of benzene rings is 3. The van der Waals surface area contributed by atoms with Crippen molar-refractivity contribution in [3.63, 3.8) is 0 Å². The van der Waals surface area contributed by atoms with Gasteiger partial charge in [-0.25, -0.2) is 0 Å². The number of likely N-dealkylation sites (tertiary alicyclic amines) is 1. The van der Waals surface area contributed by atoms with Gasteiger partial charge in [0.15, 0.2) is 0 Å². The molecular formula is C32H36N2O. The zero-order valence-electron chi connectivity index (χ0n) is 20.6. The summed E-state index contributed by atoms with van der Waals surface area (Å²) in [6, 6.07) is 34.7. The number of ether oxygens (including phenoxy) is 1. The number of hydrogen-bond donors (Lipinski definition) is 0. The SMILES string of the molecule is N#CC(c1ccccc1)(C1CCN(Cc2ccccc2)CC1)[C@H]1CCC[C@@H]1OCc1ccccc1. The van der Waals surface area contributed by atoms with E-state index in [0.717, 1.165) is 51.7 Å². The molecule has 0 aromatic heterocycles. The summed E-state index contributed by atoms with van der Waals surface area (Å²) in [7, 11) is 0. The Morgan fingerprint density at radius 1 is 0.771 bits per heavy atom. The van der Waals surface area contributed by atoms with Crippen molar-refractivity contribution < 1.29 is 4.74 Å². The van der Waals surface area contributed by atoms with E-state index in [1.807, 2.05) is 6.07 Å². The zero-order chi connectivity index (χ0) is 23.9. The van der Waals surface area contributed by atoms with Crippen LogP contribution in [-0.2, 0) is 23.3 Å². The number of piperidine rings is 1. The molecule has 1 saturated carbocycles. The number of nitriles is 1. The quantitative estimate of drug-likeness (QED) is 0.370. The zero-order valence-corrected chi connectivity index (χ0v) is 20.6. The molecule has 0 radical (unpaired) electrons. The van der Waals surface area contributed by atoms with Gasteiger partial charge in [-0.3, -0.25) is 4.90 Å². The minimum Gasteiger partial charge on any atom is -0.373 e. The summed E-state index contributed by atoms with van der Waals surface area (Å²) in [5, 5.41) is 10.9. The van der Waals surface area contributed by atoms with E-state index in [9.17, 15) is 5.26 Å². The summed E-state index contributed by atoms with van der Waals surface area (Å²) in [6.45, 7) is 3.69. The third kappa shape index (κ3) is 5.20. The third-order valence-electron chi connectivity index (χ3n) is 8.26. The minimum atomic E-state index is -0.502. The second-order valence-electron chi connectivity index (χ2n) is 10.3. The Hall–Kier alpha value is -2.93. The molecule has 3 atom stereocenters. The topological polar surface area (TPSA) is 36.3 Å². The van der Waals surface area contributed by atoms with Gasteiger partial charge in [0.2, 0.25) is 0 Å². The molecule has 3 aromatic carbocycles. The molecule has 2 fully saturated rings. The molecule has 0 bridgehead atoms. The lowest BCUT2D eigenvalue weighted by atomic mass is 9.59. The maximum atomic E-state index is 10.9. The van der Waals surface area contributed by atoms with Crippen LogP contribution in [0.5, 0.6) is 0 Å². The van der Waals surface area contributed by atoms with Crippen LogP contribution < -0.4 is 0 Å². The van der Waals surface area contributed by atoms with Gasteiger partial charge >= 0.3 is 0 Å². The summed E-state index contributed by atoms with van der Waals surface area (Å²) in [6.07, 6.45) is 5.46. The van der Waals surface area contributed by atoms with Gasteiger partial charge in [0, 0.05) is 12.5 Å². The van der Waals surface area contributed by atoms with E-state index in [0.29, 0.717) is 12.5 Å². The lowest BCUT2D eigenvalue weighted by Crippen LogP contribution is -2.49. The number of nitrogens with zero attached hydrogens (tertiary/aromatic N) is 2. The molecule has 3 aromatic rings. The number of hydrogen-bond acceptors (Lipinski definition) is 3. The van der Waals surface area contributed by atoms with E-state index in [1.165, 1.54) is 16.7 Å². The molecule has 1 aliphatic carbocycles. The van der Waals surface area contributed by atoms with Gasteiger partial charge in [0.25, 0.3) is 0 Å². The first kappa shape index (κ1) is 23.8. The monoisotopic (exact) mass is 464 g/mol. The van der Waals surface area contributed by atoms with Gasteiger partial charge in [-0.1, -0.05) is 97.4 Å². The van der Waals surface area contributed by atoms with Crippen molar-refractivity contribution in [2.75, 3.05) is 13.1 Å². The van der Waals surface area contributed by atoms with Gasteiger partial charge in [-0.05, 0) is 61.4 Å². The molecule has 0 spiro atoms. The Labute approximate surface area is 210 Å². The van der Waals surface area contributed by atoms with E-state index < -0.39 is 5.41 Å². The highest BCUT2D eigenvalue weighted by Gasteiger charge is 2.52. The van der Waals surface area contributed by atoms with Crippen LogP contribution in [-0.4, -0.2) is 24.1 Å². The average molecular weight is 465 g/mol. The fourth-order valence-electron chi connectivity index (χ4n) is 6.52. The average Bonchev–Trinajstić information content (AvgIpc) is 3.40. The standard InChI is InChI=1S/C32H36N2O/c33-25-32(28-15-8-3-9-16-28,29-19-21-34(22-20-29)23-26-11-4-1-5-12-26)30-17-10-18-31(30)35-24-27-13-6-2-7-14-27/h1-9,11-16,29-31H,10,17-24H2/t30-,31-,32?/m0/s1. The Bertz CT molecular complexity index is 1090. The van der Waals surface area contributed by atoms with E-state index >= 15 is 0 Å². The first-order chi connectivity index (χ1) is 17.3. The predicted molar refractivity (Wildman–Crippen MR) is 141 cm³/mol. The smallest absolute Gasteiger partial charge is 0.0904 e. The lowest BCUT2D eigenvalue weighted by Gasteiger charge is -2.46. The molecule has 0 N–H and O–H groups in total. The van der Waals surface area contributed by atoms with Crippen molar-refractivity contribution in [3.05, 3.63) is 108 Å². The molecule has 3 heteroatoms. The normalized spacial score (nSPS) is 22.9. The summed E-state index contributed by atoms with van der Waals surface area (Å²) in [5.41, 5.74) is 3.25. The van der Waals surface area contributed by atoms with E-state index in [2.05, 4.69) is 95.9 Å². The molecule has 2 aliphatic rings. The van der Waals surface area contributed by atoms with Crippen molar-refractivity contribution in [1.29, 1.82) is 5.26 Å². The van der Waals surface area contributed by atoms with Crippen molar-refractivity contribution in [2.24, 2.45) is 11.8 Å². The predicted octanol–water partition coefficient (Wildman–Crippen LogP) is 6.75. The second-order valence-corrected chi connectivity index (χ2v) is 10.3. The Morgan fingerprint density at radius 3 is 2.00 bits per heavy atom. The van der Waals surface area contributed by atoms with Crippen LogP contribution in [0.25, 0.3) is 0 Å². The van der Waals surface area contributed by atoms with Crippen LogP contribution in [0.2, 0.25) is 0 Å². The molecule has 3 nitrogen and oxygen atoms in total. The first-order valence-electron chi connectivity index (χ1n) is 13.2. The number of rotatable bonds is 8. The molecule has 180 valence electrons.